The minimum Gasteiger partial charge on any atom is -0.413 e. The van der Waals surface area contributed by atoms with E-state index in [-0.39, 0.29) is 11.6 Å². The second-order valence-electron chi connectivity index (χ2n) is 7.11. The Bertz CT molecular complexity index is 450. The SMILES string of the molecule is CN(C)c1cc(CO)cc(CO[Si](C)(C)C(C)(C)C)c1. The summed E-state index contributed by atoms with van der Waals surface area (Å²) in [4.78, 5) is 2.05. The van der Waals surface area contributed by atoms with Gasteiger partial charge in [-0.2, -0.15) is 0 Å². The Kier molecular flexibility index (Phi) is 5.41. The maximum absolute atomic E-state index is 9.37. The molecule has 0 unspecified atom stereocenters. The Hall–Kier alpha value is -0.843. The van der Waals surface area contributed by atoms with Gasteiger partial charge in [0, 0.05) is 19.8 Å². The number of hydrogen-bond donors (Lipinski definition) is 1. The van der Waals surface area contributed by atoms with E-state index in [9.17, 15) is 5.11 Å². The molecule has 1 N–H and O–H groups in total. The highest BCUT2D eigenvalue weighted by Crippen LogP contribution is 2.37. The Balaban J connectivity index is 2.90. The van der Waals surface area contributed by atoms with Crippen molar-refractivity contribution in [1.82, 2.24) is 0 Å². The summed E-state index contributed by atoms with van der Waals surface area (Å²) in [5, 5.41) is 9.59. The van der Waals surface area contributed by atoms with Crippen LogP contribution >= 0.6 is 0 Å². The Morgan fingerprint density at radius 3 is 2.10 bits per heavy atom. The van der Waals surface area contributed by atoms with Gasteiger partial charge in [0.2, 0.25) is 0 Å². The van der Waals surface area contributed by atoms with Gasteiger partial charge in [0.25, 0.3) is 0 Å². The van der Waals surface area contributed by atoms with Crippen LogP contribution in [0, 0.1) is 0 Å². The summed E-state index contributed by atoms with van der Waals surface area (Å²) in [6.45, 7) is 11.9. The van der Waals surface area contributed by atoms with Gasteiger partial charge in [-0.15, -0.1) is 0 Å². The fourth-order valence-corrected chi connectivity index (χ4v) is 2.62. The van der Waals surface area contributed by atoms with Crippen LogP contribution in [0.1, 0.15) is 31.9 Å². The first-order valence-electron chi connectivity index (χ1n) is 7.12. The van der Waals surface area contributed by atoms with Crippen molar-refractivity contribution in [2.75, 3.05) is 19.0 Å². The van der Waals surface area contributed by atoms with Gasteiger partial charge in [-0.05, 0) is 41.4 Å². The maximum Gasteiger partial charge on any atom is 0.192 e. The summed E-state index contributed by atoms with van der Waals surface area (Å²) in [5.74, 6) is 0. The quantitative estimate of drug-likeness (QED) is 0.839. The van der Waals surface area contributed by atoms with E-state index >= 15 is 0 Å². The molecular weight excluding hydrogens is 266 g/mol. The van der Waals surface area contributed by atoms with Gasteiger partial charge in [-0.25, -0.2) is 0 Å². The molecule has 20 heavy (non-hydrogen) atoms. The summed E-state index contributed by atoms with van der Waals surface area (Å²) in [6.07, 6.45) is 0. The zero-order chi connectivity index (χ0) is 15.6. The van der Waals surface area contributed by atoms with Crippen LogP contribution in [0.15, 0.2) is 18.2 Å². The molecule has 0 amide bonds. The minimum absolute atomic E-state index is 0.0643. The normalized spacial score (nSPS) is 12.6. The van der Waals surface area contributed by atoms with E-state index in [2.05, 4.69) is 44.8 Å². The van der Waals surface area contributed by atoms with E-state index < -0.39 is 8.32 Å². The second-order valence-corrected chi connectivity index (χ2v) is 11.9. The lowest BCUT2D eigenvalue weighted by molar-refractivity contribution is 0.272. The molecule has 3 nitrogen and oxygen atoms in total. The maximum atomic E-state index is 9.37. The number of anilines is 1. The molecule has 1 aromatic carbocycles. The van der Waals surface area contributed by atoms with Crippen molar-refractivity contribution in [3.8, 4) is 0 Å². The summed E-state index contributed by atoms with van der Waals surface area (Å²) in [5.41, 5.74) is 3.17. The molecule has 1 aromatic rings. The van der Waals surface area contributed by atoms with Crippen LogP contribution in [-0.4, -0.2) is 27.5 Å². The summed E-state index contributed by atoms with van der Waals surface area (Å²) in [6, 6.07) is 6.17. The van der Waals surface area contributed by atoms with Gasteiger partial charge in [0.1, 0.15) is 0 Å². The van der Waals surface area contributed by atoms with E-state index in [1.807, 2.05) is 26.2 Å². The molecule has 0 fully saturated rings. The monoisotopic (exact) mass is 295 g/mol. The molecule has 4 heteroatoms. The number of hydrogen-bond acceptors (Lipinski definition) is 3. The van der Waals surface area contributed by atoms with Gasteiger partial charge in [-0.1, -0.05) is 26.8 Å². The first kappa shape index (κ1) is 17.2. The van der Waals surface area contributed by atoms with Gasteiger partial charge >= 0.3 is 0 Å². The molecule has 0 aliphatic heterocycles. The molecule has 0 spiro atoms. The van der Waals surface area contributed by atoms with E-state index in [0.29, 0.717) is 6.61 Å². The highest BCUT2D eigenvalue weighted by atomic mass is 28.4. The largest absolute Gasteiger partial charge is 0.413 e. The first-order chi connectivity index (χ1) is 9.06. The molecule has 114 valence electrons. The highest BCUT2D eigenvalue weighted by Gasteiger charge is 2.37. The predicted octanol–water partition coefficient (Wildman–Crippen LogP) is 3.77. The van der Waals surface area contributed by atoms with Crippen LogP contribution < -0.4 is 4.90 Å². The number of nitrogens with zero attached hydrogens (tertiary/aromatic N) is 1. The minimum atomic E-state index is -1.74. The van der Waals surface area contributed by atoms with Crippen LogP contribution in [-0.2, 0) is 17.6 Å². The first-order valence-corrected chi connectivity index (χ1v) is 10.0. The molecule has 0 bridgehead atoms. The number of aliphatic hydroxyl groups is 1. The topological polar surface area (TPSA) is 32.7 Å². The van der Waals surface area contributed by atoms with Crippen LogP contribution in [0.4, 0.5) is 5.69 Å². The molecule has 0 heterocycles. The summed E-state index contributed by atoms with van der Waals surface area (Å²) < 4.78 is 6.25. The van der Waals surface area contributed by atoms with E-state index in [4.69, 9.17) is 4.43 Å². The fraction of sp³-hybridized carbons (Fsp3) is 0.625. The van der Waals surface area contributed by atoms with E-state index in [0.717, 1.165) is 16.8 Å². The van der Waals surface area contributed by atoms with Crippen molar-refractivity contribution < 1.29 is 9.53 Å². The molecule has 0 aliphatic carbocycles. The molecule has 0 radical (unpaired) electrons. The van der Waals surface area contributed by atoms with Crippen molar-refractivity contribution in [3.63, 3.8) is 0 Å². The number of benzene rings is 1. The van der Waals surface area contributed by atoms with Crippen molar-refractivity contribution in [2.24, 2.45) is 0 Å². The van der Waals surface area contributed by atoms with Crippen molar-refractivity contribution in [1.29, 1.82) is 0 Å². The average Bonchev–Trinajstić information content (AvgIpc) is 2.34. The van der Waals surface area contributed by atoms with Gasteiger partial charge in [-0.3, -0.25) is 0 Å². The Morgan fingerprint density at radius 2 is 1.65 bits per heavy atom. The standard InChI is InChI=1S/C16H29NO2Si/c1-16(2,3)20(6,7)19-12-14-8-13(11-18)9-15(10-14)17(4)5/h8-10,18H,11-12H2,1-7H3. The molecule has 0 aromatic heterocycles. The number of aliphatic hydroxyl groups excluding tert-OH is 1. The molecule has 0 saturated carbocycles. The van der Waals surface area contributed by atoms with Crippen LogP contribution in [0.2, 0.25) is 18.1 Å². The van der Waals surface area contributed by atoms with E-state index in [1.165, 1.54) is 0 Å². The third-order valence-corrected chi connectivity index (χ3v) is 8.62. The molecule has 1 rings (SSSR count). The summed E-state index contributed by atoms with van der Waals surface area (Å²) in [7, 11) is 2.28. The van der Waals surface area contributed by atoms with Crippen LogP contribution in [0.5, 0.6) is 0 Å². The smallest absolute Gasteiger partial charge is 0.192 e. The third-order valence-electron chi connectivity index (χ3n) is 4.14. The lowest BCUT2D eigenvalue weighted by atomic mass is 10.1. The Labute approximate surface area is 124 Å². The zero-order valence-corrected chi connectivity index (χ0v) is 14.9. The van der Waals surface area contributed by atoms with E-state index in [1.54, 1.807) is 0 Å². The van der Waals surface area contributed by atoms with Crippen molar-refractivity contribution in [3.05, 3.63) is 29.3 Å². The highest BCUT2D eigenvalue weighted by molar-refractivity contribution is 6.74. The zero-order valence-electron chi connectivity index (χ0n) is 13.9. The van der Waals surface area contributed by atoms with Crippen LogP contribution in [0.25, 0.3) is 0 Å². The average molecular weight is 295 g/mol. The van der Waals surface area contributed by atoms with Gasteiger partial charge in [0.05, 0.1) is 13.2 Å². The van der Waals surface area contributed by atoms with Crippen molar-refractivity contribution in [2.45, 2.75) is 52.1 Å². The molecule has 0 aliphatic rings. The second kappa shape index (κ2) is 6.29. The van der Waals surface area contributed by atoms with Crippen molar-refractivity contribution >= 4 is 14.0 Å². The van der Waals surface area contributed by atoms with Gasteiger partial charge < -0.3 is 14.4 Å². The lowest BCUT2D eigenvalue weighted by Gasteiger charge is -2.36. The van der Waals surface area contributed by atoms with Gasteiger partial charge in [0.15, 0.2) is 8.32 Å². The molecule has 0 saturated heterocycles. The van der Waals surface area contributed by atoms with Crippen LogP contribution in [0.3, 0.4) is 0 Å². The molecular formula is C16H29NO2Si. The Morgan fingerprint density at radius 1 is 1.10 bits per heavy atom. The molecule has 0 atom stereocenters. The third kappa shape index (κ3) is 4.33. The number of rotatable bonds is 5. The lowest BCUT2D eigenvalue weighted by Crippen LogP contribution is -2.40. The summed E-state index contributed by atoms with van der Waals surface area (Å²) >= 11 is 0. The fourth-order valence-electron chi connectivity index (χ4n) is 1.66. The predicted molar refractivity (Wildman–Crippen MR) is 88.7 cm³/mol.